The molecule has 1 aromatic heterocycles. The van der Waals surface area contributed by atoms with Crippen LogP contribution in [0.4, 0.5) is 20.3 Å². The largest absolute Gasteiger partial charge is 0.383 e. The van der Waals surface area contributed by atoms with E-state index in [9.17, 15) is 17.2 Å². The van der Waals surface area contributed by atoms with Gasteiger partial charge in [0.2, 0.25) is 0 Å². The summed E-state index contributed by atoms with van der Waals surface area (Å²) in [5.41, 5.74) is 6.84. The van der Waals surface area contributed by atoms with Gasteiger partial charge in [-0.15, -0.1) is 0 Å². The molecule has 2 aromatic carbocycles. The van der Waals surface area contributed by atoms with E-state index in [0.29, 0.717) is 22.6 Å². The molecule has 1 heterocycles. The number of rotatable bonds is 7. The first-order valence-corrected chi connectivity index (χ1v) is 12.2. The maximum absolute atomic E-state index is 15.0. The first-order valence-electron chi connectivity index (χ1n) is 9.38. The molecule has 4 N–H and O–H groups in total. The number of anilines is 2. The van der Waals surface area contributed by atoms with Crippen molar-refractivity contribution in [3.63, 3.8) is 0 Å². The van der Waals surface area contributed by atoms with Crippen molar-refractivity contribution in [2.24, 2.45) is 0 Å². The highest BCUT2D eigenvalue weighted by atomic mass is 35.5. The molecular formula is C21H19ClF2N4O2S2. The van der Waals surface area contributed by atoms with E-state index in [1.54, 1.807) is 31.2 Å². The van der Waals surface area contributed by atoms with E-state index >= 15 is 0 Å². The normalized spacial score (nSPS) is 12.9. The maximum atomic E-state index is 15.0. The Kier molecular flexibility index (Phi) is 7.70. The summed E-state index contributed by atoms with van der Waals surface area (Å²) in [6.45, 7) is 1.80. The van der Waals surface area contributed by atoms with E-state index < -0.39 is 43.4 Å². The molecule has 0 aliphatic rings. The Morgan fingerprint density at radius 3 is 2.50 bits per heavy atom. The van der Waals surface area contributed by atoms with Crippen LogP contribution in [0.15, 0.2) is 53.6 Å². The minimum absolute atomic E-state index is 0.0255. The number of nitrogens with zero attached hydrogens (tertiary/aromatic N) is 1. The smallest absolute Gasteiger partial charge is 0.166 e. The molecule has 3 rings (SSSR count). The van der Waals surface area contributed by atoms with Gasteiger partial charge < -0.3 is 10.5 Å². The molecule has 0 spiro atoms. The Morgan fingerprint density at radius 2 is 1.84 bits per heavy atom. The highest BCUT2D eigenvalue weighted by Crippen LogP contribution is 2.29. The summed E-state index contributed by atoms with van der Waals surface area (Å²) in [4.78, 5) is 3.20. The van der Waals surface area contributed by atoms with E-state index in [-0.39, 0.29) is 22.8 Å². The van der Waals surface area contributed by atoms with Gasteiger partial charge in [-0.25, -0.2) is 22.2 Å². The standard InChI is InChI=1S/C21H19ClF2N4O2S2/c1-2-9-31(29)28-17-8-7-16(23)19(18(17)24)32(30)21(26)15-10-13(11-27-20(15)25)12-3-5-14(22)6-4-12/h3-8,10-11,26,28H,2,9H2,1H3,(H2,25,27). The van der Waals surface area contributed by atoms with Crippen molar-refractivity contribution in [2.75, 3.05) is 16.2 Å². The number of nitrogens with two attached hydrogens (primary N) is 1. The predicted octanol–water partition coefficient (Wildman–Crippen LogP) is 4.88. The predicted molar refractivity (Wildman–Crippen MR) is 126 cm³/mol. The van der Waals surface area contributed by atoms with Gasteiger partial charge in [0.1, 0.15) is 43.4 Å². The lowest BCUT2D eigenvalue weighted by Crippen LogP contribution is -2.16. The Balaban J connectivity index is 1.98. The quantitative estimate of drug-likeness (QED) is 0.320. The lowest BCUT2D eigenvalue weighted by Gasteiger charge is -2.13. The van der Waals surface area contributed by atoms with Crippen LogP contribution in [0, 0.1) is 17.0 Å². The molecule has 0 aliphatic carbocycles. The molecule has 2 unspecified atom stereocenters. The van der Waals surface area contributed by atoms with Crippen molar-refractivity contribution in [1.82, 2.24) is 4.98 Å². The summed E-state index contributed by atoms with van der Waals surface area (Å²) < 4.78 is 56.7. The monoisotopic (exact) mass is 496 g/mol. The van der Waals surface area contributed by atoms with Crippen LogP contribution in [0.25, 0.3) is 11.1 Å². The second-order valence-electron chi connectivity index (χ2n) is 6.65. The topological polar surface area (TPSA) is 109 Å². The molecule has 0 aliphatic heterocycles. The first-order chi connectivity index (χ1) is 15.2. The second kappa shape index (κ2) is 10.3. The SMILES string of the molecule is CCCS(=O)Nc1ccc(F)c(S(=O)C(=N)c2cc(-c3ccc(Cl)cc3)cnc2N)c1F. The molecule has 32 heavy (non-hydrogen) atoms. The number of benzene rings is 2. The van der Waals surface area contributed by atoms with Crippen LogP contribution in [0.3, 0.4) is 0 Å². The van der Waals surface area contributed by atoms with Crippen LogP contribution < -0.4 is 10.5 Å². The summed E-state index contributed by atoms with van der Waals surface area (Å²) >= 11 is 5.90. The Morgan fingerprint density at radius 1 is 1.16 bits per heavy atom. The van der Waals surface area contributed by atoms with Gasteiger partial charge in [-0.3, -0.25) is 5.41 Å². The van der Waals surface area contributed by atoms with Gasteiger partial charge in [0.25, 0.3) is 0 Å². The Hall–Kier alpha value is -2.69. The highest BCUT2D eigenvalue weighted by molar-refractivity contribution is 8.01. The molecule has 0 saturated carbocycles. The summed E-state index contributed by atoms with van der Waals surface area (Å²) in [6, 6.07) is 10.2. The highest BCUT2D eigenvalue weighted by Gasteiger charge is 2.25. The molecule has 0 radical (unpaired) electrons. The third-order valence-electron chi connectivity index (χ3n) is 4.37. The van der Waals surface area contributed by atoms with E-state index in [0.717, 1.165) is 12.1 Å². The Labute approximate surface area is 193 Å². The molecule has 0 saturated heterocycles. The Bertz CT molecular complexity index is 1220. The van der Waals surface area contributed by atoms with Crippen LogP contribution >= 0.6 is 11.6 Å². The van der Waals surface area contributed by atoms with E-state index in [1.807, 2.05) is 0 Å². The van der Waals surface area contributed by atoms with Crippen LogP contribution in [-0.4, -0.2) is 24.2 Å². The van der Waals surface area contributed by atoms with Crippen LogP contribution in [0.2, 0.25) is 5.02 Å². The van der Waals surface area contributed by atoms with Crippen molar-refractivity contribution in [2.45, 2.75) is 18.2 Å². The number of nitrogen functional groups attached to an aromatic ring is 1. The molecule has 168 valence electrons. The fraction of sp³-hybridized carbons (Fsp3) is 0.143. The van der Waals surface area contributed by atoms with Crippen molar-refractivity contribution >= 4 is 49.9 Å². The fourth-order valence-electron chi connectivity index (χ4n) is 2.80. The average molecular weight is 497 g/mol. The summed E-state index contributed by atoms with van der Waals surface area (Å²) in [7, 11) is -4.15. The van der Waals surface area contributed by atoms with Gasteiger partial charge >= 0.3 is 0 Å². The van der Waals surface area contributed by atoms with E-state index in [2.05, 4.69) is 9.71 Å². The van der Waals surface area contributed by atoms with E-state index in [4.69, 9.17) is 22.7 Å². The van der Waals surface area contributed by atoms with Gasteiger partial charge in [0, 0.05) is 22.5 Å². The van der Waals surface area contributed by atoms with Crippen LogP contribution in [-0.2, 0) is 21.8 Å². The molecule has 11 heteroatoms. The van der Waals surface area contributed by atoms with Gasteiger partial charge in [-0.1, -0.05) is 30.7 Å². The number of nitrogens with one attached hydrogen (secondary N) is 2. The van der Waals surface area contributed by atoms with Gasteiger partial charge in [-0.05, 0) is 42.3 Å². The lowest BCUT2D eigenvalue weighted by atomic mass is 10.1. The van der Waals surface area contributed by atoms with Gasteiger partial charge in [-0.2, -0.15) is 0 Å². The molecule has 0 fully saturated rings. The molecule has 6 nitrogen and oxygen atoms in total. The van der Waals surface area contributed by atoms with Crippen molar-refractivity contribution in [3.8, 4) is 11.1 Å². The van der Waals surface area contributed by atoms with Crippen molar-refractivity contribution in [1.29, 1.82) is 5.41 Å². The molecule has 2 atom stereocenters. The van der Waals surface area contributed by atoms with Crippen LogP contribution in [0.5, 0.6) is 0 Å². The number of hydrogen-bond donors (Lipinski definition) is 3. The maximum Gasteiger partial charge on any atom is 0.166 e. The minimum atomic E-state index is -2.56. The lowest BCUT2D eigenvalue weighted by molar-refractivity contribution is 0.538. The molecule has 3 aromatic rings. The third-order valence-corrected chi connectivity index (χ3v) is 7.19. The third kappa shape index (κ3) is 5.20. The number of pyridine rings is 1. The van der Waals surface area contributed by atoms with E-state index in [1.165, 1.54) is 12.3 Å². The van der Waals surface area contributed by atoms with Crippen molar-refractivity contribution in [3.05, 3.63) is 70.9 Å². The van der Waals surface area contributed by atoms with Gasteiger partial charge in [0.05, 0.1) is 11.3 Å². The molecule has 0 amide bonds. The fourth-order valence-corrected chi connectivity index (χ4v) is 4.89. The zero-order valence-corrected chi connectivity index (χ0v) is 19.2. The summed E-state index contributed by atoms with van der Waals surface area (Å²) in [5.74, 6) is -2.14. The zero-order chi connectivity index (χ0) is 23.4. The molecule has 0 bridgehead atoms. The number of hydrogen-bond acceptors (Lipinski definition) is 5. The van der Waals surface area contributed by atoms with Crippen molar-refractivity contribution < 1.29 is 17.2 Å². The van der Waals surface area contributed by atoms with Gasteiger partial charge in [0.15, 0.2) is 5.82 Å². The first kappa shape index (κ1) is 24.0. The van der Waals surface area contributed by atoms with Crippen LogP contribution in [0.1, 0.15) is 18.9 Å². The zero-order valence-electron chi connectivity index (χ0n) is 16.8. The number of aromatic nitrogens is 1. The molecular weight excluding hydrogens is 478 g/mol. The summed E-state index contributed by atoms with van der Waals surface area (Å²) in [6.07, 6.45) is 2.05. The summed E-state index contributed by atoms with van der Waals surface area (Å²) in [5, 5.41) is 8.24. The minimum Gasteiger partial charge on any atom is -0.383 e. The average Bonchev–Trinajstić information content (AvgIpc) is 2.76. The number of halogens is 3. The second-order valence-corrected chi connectivity index (χ2v) is 9.75.